The second kappa shape index (κ2) is 8.86. The van der Waals surface area contributed by atoms with Gasteiger partial charge in [0.1, 0.15) is 0 Å². The van der Waals surface area contributed by atoms with Gasteiger partial charge in [0, 0.05) is 18.3 Å². The molecule has 0 bridgehead atoms. The average Bonchev–Trinajstić information content (AvgIpc) is 2.16. The van der Waals surface area contributed by atoms with Crippen LogP contribution in [0.3, 0.4) is 0 Å². The summed E-state index contributed by atoms with van der Waals surface area (Å²) >= 11 is 5.53. The number of hydrogen-bond acceptors (Lipinski definition) is 2. The van der Waals surface area contributed by atoms with Crippen molar-refractivity contribution in [3.8, 4) is 12.3 Å². The Kier molecular flexibility index (Phi) is 8.78. The van der Waals surface area contributed by atoms with Gasteiger partial charge in [0.05, 0.1) is 0 Å². The molecule has 2 atom stereocenters. The third-order valence-corrected chi connectivity index (χ3v) is 5.98. The van der Waals surface area contributed by atoms with E-state index in [2.05, 4.69) is 19.8 Å². The second-order valence-electron chi connectivity index (χ2n) is 4.86. The maximum absolute atomic E-state index is 7.69. The van der Waals surface area contributed by atoms with Crippen molar-refractivity contribution in [2.45, 2.75) is 46.0 Å². The minimum absolute atomic E-state index is 0.397. The Balaban J connectivity index is 4.00. The van der Waals surface area contributed by atoms with E-state index in [4.69, 9.17) is 29.1 Å². The van der Waals surface area contributed by atoms with Crippen LogP contribution in [0.15, 0.2) is 0 Å². The first-order valence-corrected chi connectivity index (χ1v) is 9.52. The van der Waals surface area contributed by atoms with Crippen LogP contribution in [0.1, 0.15) is 46.0 Å². The highest BCUT2D eigenvalue weighted by Gasteiger charge is 2.16. The number of terminal acetylenes is 1. The largest absolute Gasteiger partial charge is 0.309 e. The molecule has 0 amide bonds. The van der Waals surface area contributed by atoms with Crippen molar-refractivity contribution >= 4 is 23.7 Å². The first-order valence-electron chi connectivity index (χ1n) is 6.27. The summed E-state index contributed by atoms with van der Waals surface area (Å²) in [5.41, 5.74) is 6.85. The van der Waals surface area contributed by atoms with Crippen LogP contribution in [-0.2, 0) is 11.8 Å². The van der Waals surface area contributed by atoms with Gasteiger partial charge in [-0.1, -0.05) is 38.5 Å². The molecule has 0 spiro atoms. The quantitative estimate of drug-likeness (QED) is 0.291. The van der Waals surface area contributed by atoms with Crippen LogP contribution in [-0.4, -0.2) is 18.0 Å². The van der Waals surface area contributed by atoms with Crippen LogP contribution in [0.25, 0.3) is 0 Å². The molecule has 0 aliphatic carbocycles. The third kappa shape index (κ3) is 9.53. The van der Waals surface area contributed by atoms with Gasteiger partial charge in [0.2, 0.25) is 0 Å². The van der Waals surface area contributed by atoms with Crippen LogP contribution < -0.4 is 5.50 Å². The molecule has 0 aliphatic rings. The Morgan fingerprint density at radius 2 is 2.18 bits per heavy atom. The molecule has 3 N–H and O–H groups in total. The van der Waals surface area contributed by atoms with E-state index in [0.29, 0.717) is 18.1 Å². The summed E-state index contributed by atoms with van der Waals surface area (Å²) in [4.78, 5) is 0. The summed E-state index contributed by atoms with van der Waals surface area (Å²) in [5, 5.41) is 7.69. The van der Waals surface area contributed by atoms with Crippen molar-refractivity contribution in [2.75, 3.05) is 12.3 Å². The summed E-state index contributed by atoms with van der Waals surface area (Å²) in [6.45, 7) is 4.31. The molecule has 0 aromatic carbocycles. The zero-order valence-electron chi connectivity index (χ0n) is 11.0. The van der Waals surface area contributed by atoms with Gasteiger partial charge in [-0.2, -0.15) is 0 Å². The summed E-state index contributed by atoms with van der Waals surface area (Å²) in [5.74, 6) is 2.90. The first-order chi connectivity index (χ1) is 7.91. The van der Waals surface area contributed by atoms with Gasteiger partial charge in [0.15, 0.2) is 0 Å². The number of rotatable bonds is 9. The molecule has 0 aromatic rings. The third-order valence-electron chi connectivity index (χ3n) is 2.67. The van der Waals surface area contributed by atoms with Crippen molar-refractivity contribution in [3.63, 3.8) is 0 Å². The molecule has 0 fully saturated rings. The van der Waals surface area contributed by atoms with Gasteiger partial charge >= 0.3 is 0 Å². The first kappa shape index (κ1) is 16.8. The molecule has 0 aromatic heterocycles. The normalized spacial score (nSPS) is 15.9. The molecule has 17 heavy (non-hydrogen) atoms. The van der Waals surface area contributed by atoms with E-state index in [1.54, 1.807) is 0 Å². The predicted octanol–water partition coefficient (Wildman–Crippen LogP) is 3.60. The molecular weight excluding hydrogens is 247 g/mol. The van der Waals surface area contributed by atoms with E-state index in [0.717, 1.165) is 25.2 Å². The molecule has 0 aliphatic heterocycles. The van der Waals surface area contributed by atoms with E-state index in [1.165, 1.54) is 12.8 Å². The monoisotopic (exact) mass is 272 g/mol. The Hall–Kier alpha value is -0.160. The molecule has 0 saturated carbocycles. The van der Waals surface area contributed by atoms with Crippen molar-refractivity contribution in [1.82, 2.24) is 0 Å². The van der Waals surface area contributed by atoms with Crippen molar-refractivity contribution in [1.29, 1.82) is 5.41 Å². The molecule has 0 radical (unpaired) electrons. The lowest BCUT2D eigenvalue weighted by Gasteiger charge is -2.21. The molecular formula is C13H25N2PS. The summed E-state index contributed by atoms with van der Waals surface area (Å²) in [6.07, 6.45) is 10.2. The Bertz CT molecular complexity index is 320. The second-order valence-corrected chi connectivity index (χ2v) is 9.76. The van der Waals surface area contributed by atoms with Crippen LogP contribution in [0.4, 0.5) is 0 Å². The fourth-order valence-corrected chi connectivity index (χ4v) is 5.21. The van der Waals surface area contributed by atoms with E-state index < -0.39 is 6.19 Å². The van der Waals surface area contributed by atoms with Crippen molar-refractivity contribution < 1.29 is 0 Å². The number of nitrogens with two attached hydrogens (primary N) is 1. The van der Waals surface area contributed by atoms with Gasteiger partial charge in [-0.3, -0.25) is 0 Å². The molecule has 4 heteroatoms. The maximum Gasteiger partial charge on any atom is 0.0464 e. The zero-order chi connectivity index (χ0) is 13.3. The summed E-state index contributed by atoms with van der Waals surface area (Å²) in [7, 11) is 0. The average molecular weight is 272 g/mol. The topological polar surface area (TPSA) is 49.9 Å². The smallest absolute Gasteiger partial charge is 0.0464 e. The standard InChI is InChI=1S/C13H25N2PS/c1-4-6-7-9-16(15,17)11-12(3)10-13(14)8-5-2/h2,12,14H,4,6-11H2,1,3H3,(H2,15,17). The SMILES string of the molecule is C#CCC(=N)CC(C)CP(N)(=S)CCCCC. The zero-order valence-corrected chi connectivity index (χ0v) is 12.7. The highest BCUT2D eigenvalue weighted by molar-refractivity contribution is 8.13. The highest BCUT2D eigenvalue weighted by Crippen LogP contribution is 2.40. The molecule has 0 heterocycles. The minimum atomic E-state index is -1.67. The maximum atomic E-state index is 7.69. The van der Waals surface area contributed by atoms with E-state index in [-0.39, 0.29) is 0 Å². The molecule has 0 saturated heterocycles. The molecule has 0 rings (SSSR count). The Morgan fingerprint density at radius 3 is 2.71 bits per heavy atom. The van der Waals surface area contributed by atoms with Gasteiger partial charge < -0.3 is 10.9 Å². The van der Waals surface area contributed by atoms with Crippen LogP contribution in [0.5, 0.6) is 0 Å². The summed E-state index contributed by atoms with van der Waals surface area (Å²) < 4.78 is 0. The number of nitrogens with one attached hydrogen (secondary N) is 1. The van der Waals surface area contributed by atoms with Crippen molar-refractivity contribution in [3.05, 3.63) is 0 Å². The molecule has 98 valence electrons. The Morgan fingerprint density at radius 1 is 1.53 bits per heavy atom. The molecule has 2 nitrogen and oxygen atoms in total. The van der Waals surface area contributed by atoms with Crippen molar-refractivity contribution in [2.24, 2.45) is 11.4 Å². The van der Waals surface area contributed by atoms with Gasteiger partial charge in [0.25, 0.3) is 0 Å². The highest BCUT2D eigenvalue weighted by atomic mass is 32.4. The molecule has 2 unspecified atom stereocenters. The number of hydrogen-bond donors (Lipinski definition) is 2. The fourth-order valence-electron chi connectivity index (χ4n) is 1.93. The fraction of sp³-hybridized carbons (Fsp3) is 0.769. The lowest BCUT2D eigenvalue weighted by atomic mass is 10.0. The number of unbranched alkanes of at least 4 members (excludes halogenated alkanes) is 2. The van der Waals surface area contributed by atoms with Crippen LogP contribution in [0, 0.1) is 23.7 Å². The van der Waals surface area contributed by atoms with E-state index in [9.17, 15) is 0 Å². The van der Waals surface area contributed by atoms with Gasteiger partial charge in [-0.25, -0.2) is 0 Å². The summed E-state index contributed by atoms with van der Waals surface area (Å²) in [6, 6.07) is 0. The predicted molar refractivity (Wildman–Crippen MR) is 82.7 cm³/mol. The van der Waals surface area contributed by atoms with E-state index in [1.807, 2.05) is 0 Å². The lowest BCUT2D eigenvalue weighted by Crippen LogP contribution is -2.14. The van der Waals surface area contributed by atoms with Crippen LogP contribution in [0.2, 0.25) is 0 Å². The van der Waals surface area contributed by atoms with Gasteiger partial charge in [-0.15, -0.1) is 12.3 Å². The Labute approximate surface area is 111 Å². The minimum Gasteiger partial charge on any atom is -0.309 e. The van der Waals surface area contributed by atoms with Gasteiger partial charge in [-0.05, 0) is 31.1 Å². The van der Waals surface area contributed by atoms with Crippen LogP contribution >= 0.6 is 6.19 Å². The van der Waals surface area contributed by atoms with E-state index >= 15 is 0 Å². The lowest BCUT2D eigenvalue weighted by molar-refractivity contribution is 0.682.